The predicted molar refractivity (Wildman–Crippen MR) is 92.9 cm³/mol. The van der Waals surface area contributed by atoms with Crippen LogP contribution in [0.2, 0.25) is 0 Å². The van der Waals surface area contributed by atoms with E-state index in [0.717, 1.165) is 6.42 Å². The van der Waals surface area contributed by atoms with Crippen molar-refractivity contribution in [2.75, 3.05) is 27.7 Å². The Morgan fingerprint density at radius 1 is 1.13 bits per heavy atom. The maximum atomic E-state index is 12.3. The summed E-state index contributed by atoms with van der Waals surface area (Å²) in [4.78, 5) is 14.4. The first-order chi connectivity index (χ1) is 11.1. The Bertz CT molecular complexity index is 626. The number of carbonyl (C=O) groups excluding carboxylic acids is 1. The van der Waals surface area contributed by atoms with Gasteiger partial charge in [0, 0.05) is 18.2 Å². The van der Waals surface area contributed by atoms with Crippen molar-refractivity contribution >= 4 is 5.91 Å². The summed E-state index contributed by atoms with van der Waals surface area (Å²) in [5.41, 5.74) is 1.88. The summed E-state index contributed by atoms with van der Waals surface area (Å²) in [5.74, 6) is 0.606. The van der Waals surface area contributed by atoms with E-state index in [0.29, 0.717) is 17.9 Å². The third kappa shape index (κ3) is 5.11. The number of rotatable bonds is 7. The molecule has 4 heteroatoms. The van der Waals surface area contributed by atoms with Crippen LogP contribution in [0.1, 0.15) is 15.9 Å². The predicted octanol–water partition coefficient (Wildman–Crippen LogP) is 2.60. The molecule has 2 aromatic carbocycles. The van der Waals surface area contributed by atoms with E-state index in [4.69, 9.17) is 4.74 Å². The van der Waals surface area contributed by atoms with Gasteiger partial charge in [0.1, 0.15) is 5.75 Å². The third-order valence-corrected chi connectivity index (χ3v) is 3.87. The van der Waals surface area contributed by atoms with Gasteiger partial charge in [-0.1, -0.05) is 36.4 Å². The van der Waals surface area contributed by atoms with Gasteiger partial charge < -0.3 is 15.0 Å². The summed E-state index contributed by atoms with van der Waals surface area (Å²) >= 11 is 0. The van der Waals surface area contributed by atoms with Gasteiger partial charge in [0.25, 0.3) is 5.91 Å². The lowest BCUT2D eigenvalue weighted by atomic mass is 10.0. The van der Waals surface area contributed by atoms with Gasteiger partial charge in [0.15, 0.2) is 0 Å². The maximum Gasteiger partial charge on any atom is 0.251 e. The minimum Gasteiger partial charge on any atom is -0.497 e. The van der Waals surface area contributed by atoms with Gasteiger partial charge in [-0.2, -0.15) is 0 Å². The monoisotopic (exact) mass is 312 g/mol. The molecule has 2 aromatic rings. The highest BCUT2D eigenvalue weighted by molar-refractivity contribution is 5.94. The number of methoxy groups -OCH3 is 1. The number of nitrogens with one attached hydrogen (secondary N) is 1. The molecule has 0 aliphatic heterocycles. The molecule has 0 fully saturated rings. The SMILES string of the molecule is COc1cccc(C(=O)NCC(Cc2ccccc2)N(C)C)c1. The first kappa shape index (κ1) is 17.0. The van der Waals surface area contributed by atoms with Gasteiger partial charge in [-0.15, -0.1) is 0 Å². The van der Waals surface area contributed by atoms with Crippen LogP contribution < -0.4 is 10.1 Å². The molecule has 0 saturated carbocycles. The number of amides is 1. The second kappa shape index (κ2) is 8.34. The van der Waals surface area contributed by atoms with E-state index in [9.17, 15) is 4.79 Å². The van der Waals surface area contributed by atoms with Crippen molar-refractivity contribution in [3.05, 3.63) is 65.7 Å². The van der Waals surface area contributed by atoms with Gasteiger partial charge in [-0.3, -0.25) is 4.79 Å². The van der Waals surface area contributed by atoms with Gasteiger partial charge in [0.2, 0.25) is 0 Å². The highest BCUT2D eigenvalue weighted by Gasteiger charge is 2.14. The lowest BCUT2D eigenvalue weighted by Crippen LogP contribution is -2.41. The summed E-state index contributed by atoms with van der Waals surface area (Å²) in [7, 11) is 5.66. The molecule has 0 aliphatic rings. The van der Waals surface area contributed by atoms with Crippen molar-refractivity contribution in [3.63, 3.8) is 0 Å². The van der Waals surface area contributed by atoms with Crippen molar-refractivity contribution in [2.45, 2.75) is 12.5 Å². The fourth-order valence-electron chi connectivity index (χ4n) is 2.40. The molecule has 0 saturated heterocycles. The average molecular weight is 312 g/mol. The summed E-state index contributed by atoms with van der Waals surface area (Å²) in [6.45, 7) is 0.595. The smallest absolute Gasteiger partial charge is 0.251 e. The Hall–Kier alpha value is -2.33. The first-order valence-corrected chi connectivity index (χ1v) is 7.72. The summed E-state index contributed by atoms with van der Waals surface area (Å²) < 4.78 is 5.16. The van der Waals surface area contributed by atoms with Crippen molar-refractivity contribution < 1.29 is 9.53 Å². The minimum atomic E-state index is -0.0798. The fraction of sp³-hybridized carbons (Fsp3) is 0.316. The quantitative estimate of drug-likeness (QED) is 0.854. The zero-order chi connectivity index (χ0) is 16.7. The molecule has 0 heterocycles. The van der Waals surface area contributed by atoms with Crippen LogP contribution in [0.5, 0.6) is 5.75 Å². The molecule has 1 atom stereocenters. The number of hydrogen-bond acceptors (Lipinski definition) is 3. The Kier molecular flexibility index (Phi) is 6.18. The van der Waals surface area contributed by atoms with E-state index >= 15 is 0 Å². The van der Waals surface area contributed by atoms with E-state index in [1.807, 2.05) is 44.4 Å². The average Bonchev–Trinajstić information content (AvgIpc) is 2.59. The molecule has 0 aromatic heterocycles. The summed E-state index contributed by atoms with van der Waals surface area (Å²) in [6.07, 6.45) is 0.895. The molecular formula is C19H24N2O2. The van der Waals surface area contributed by atoms with Crippen LogP contribution in [0.3, 0.4) is 0 Å². The van der Waals surface area contributed by atoms with Gasteiger partial charge in [0.05, 0.1) is 7.11 Å². The highest BCUT2D eigenvalue weighted by atomic mass is 16.5. The van der Waals surface area contributed by atoms with Crippen LogP contribution in [0.25, 0.3) is 0 Å². The number of hydrogen-bond donors (Lipinski definition) is 1. The topological polar surface area (TPSA) is 41.6 Å². The molecule has 0 aliphatic carbocycles. The Balaban J connectivity index is 1.96. The van der Waals surface area contributed by atoms with Gasteiger partial charge in [-0.05, 0) is 44.3 Å². The number of carbonyl (C=O) groups is 1. The molecular weight excluding hydrogens is 288 g/mol. The molecule has 1 N–H and O–H groups in total. The van der Waals surface area contributed by atoms with Crippen LogP contribution in [0.15, 0.2) is 54.6 Å². The molecule has 122 valence electrons. The van der Waals surface area contributed by atoms with Crippen LogP contribution >= 0.6 is 0 Å². The largest absolute Gasteiger partial charge is 0.497 e. The molecule has 0 spiro atoms. The van der Waals surface area contributed by atoms with Crippen molar-refractivity contribution in [3.8, 4) is 5.75 Å². The molecule has 1 unspecified atom stereocenters. The second-order valence-corrected chi connectivity index (χ2v) is 5.75. The third-order valence-electron chi connectivity index (χ3n) is 3.87. The van der Waals surface area contributed by atoms with Gasteiger partial charge >= 0.3 is 0 Å². The molecule has 23 heavy (non-hydrogen) atoms. The lowest BCUT2D eigenvalue weighted by Gasteiger charge is -2.24. The number of nitrogens with zero attached hydrogens (tertiary/aromatic N) is 1. The van der Waals surface area contributed by atoms with Crippen LogP contribution in [0, 0.1) is 0 Å². The maximum absolute atomic E-state index is 12.3. The van der Waals surface area contributed by atoms with E-state index in [-0.39, 0.29) is 11.9 Å². The van der Waals surface area contributed by atoms with Gasteiger partial charge in [-0.25, -0.2) is 0 Å². The van der Waals surface area contributed by atoms with Crippen molar-refractivity contribution in [1.82, 2.24) is 10.2 Å². The number of ether oxygens (including phenoxy) is 1. The molecule has 2 rings (SSSR count). The number of benzene rings is 2. The summed E-state index contributed by atoms with van der Waals surface area (Å²) in [6, 6.07) is 17.7. The standard InChI is InChI=1S/C19H24N2O2/c1-21(2)17(12-15-8-5-4-6-9-15)14-20-19(22)16-10-7-11-18(13-16)23-3/h4-11,13,17H,12,14H2,1-3H3,(H,20,22). The zero-order valence-electron chi connectivity index (χ0n) is 14.0. The molecule has 4 nitrogen and oxygen atoms in total. The van der Waals surface area contributed by atoms with E-state index < -0.39 is 0 Å². The van der Waals surface area contributed by atoms with Crippen LogP contribution in [-0.2, 0) is 6.42 Å². The normalized spacial score (nSPS) is 12.0. The molecule has 0 radical (unpaired) electrons. The Morgan fingerprint density at radius 3 is 2.52 bits per heavy atom. The highest BCUT2D eigenvalue weighted by Crippen LogP contribution is 2.12. The summed E-state index contributed by atoms with van der Waals surface area (Å²) in [5, 5.41) is 3.02. The van der Waals surface area contributed by atoms with E-state index in [1.54, 1.807) is 19.2 Å². The van der Waals surface area contributed by atoms with Crippen molar-refractivity contribution in [1.29, 1.82) is 0 Å². The van der Waals surface area contributed by atoms with Crippen molar-refractivity contribution in [2.24, 2.45) is 0 Å². The Labute approximate surface area is 138 Å². The second-order valence-electron chi connectivity index (χ2n) is 5.75. The first-order valence-electron chi connectivity index (χ1n) is 7.72. The molecule has 0 bridgehead atoms. The zero-order valence-corrected chi connectivity index (χ0v) is 14.0. The Morgan fingerprint density at radius 2 is 1.87 bits per heavy atom. The van der Waals surface area contributed by atoms with E-state index in [2.05, 4.69) is 22.3 Å². The number of likely N-dealkylation sites (N-methyl/N-ethyl adjacent to an activating group) is 1. The lowest BCUT2D eigenvalue weighted by molar-refractivity contribution is 0.0941. The van der Waals surface area contributed by atoms with E-state index in [1.165, 1.54) is 5.56 Å². The molecule has 1 amide bonds. The van der Waals surface area contributed by atoms with Crippen LogP contribution in [-0.4, -0.2) is 44.6 Å². The fourth-order valence-corrected chi connectivity index (χ4v) is 2.40. The minimum absolute atomic E-state index is 0.0798. The van der Waals surface area contributed by atoms with Crippen LogP contribution in [0.4, 0.5) is 0 Å².